The molecule has 0 amide bonds. The van der Waals surface area contributed by atoms with Crippen molar-refractivity contribution >= 4 is 11.6 Å². The van der Waals surface area contributed by atoms with Crippen molar-refractivity contribution in [2.24, 2.45) is 23.7 Å². The summed E-state index contributed by atoms with van der Waals surface area (Å²) < 4.78 is 0. The Morgan fingerprint density at radius 3 is 2.11 bits per heavy atom. The standard InChI is InChI=1S/C16H26O2/c1-3-12-7-5-9-14(16(12)18)10-13-8-4-6-11(2)15(13)17/h11-14H,3-10H2,1-2H3. The van der Waals surface area contributed by atoms with Crippen molar-refractivity contribution in [3.05, 3.63) is 0 Å². The molecule has 4 atom stereocenters. The average Bonchev–Trinajstić information content (AvgIpc) is 2.37. The molecule has 2 aliphatic rings. The lowest BCUT2D eigenvalue weighted by atomic mass is 9.71. The molecule has 0 spiro atoms. The van der Waals surface area contributed by atoms with Crippen molar-refractivity contribution in [1.29, 1.82) is 0 Å². The van der Waals surface area contributed by atoms with Gasteiger partial charge in [0.25, 0.3) is 0 Å². The molecule has 0 aromatic carbocycles. The van der Waals surface area contributed by atoms with Crippen LogP contribution in [0, 0.1) is 23.7 Å². The minimum absolute atomic E-state index is 0.179. The Morgan fingerprint density at radius 2 is 1.44 bits per heavy atom. The lowest BCUT2D eigenvalue weighted by molar-refractivity contribution is -0.133. The first-order chi connectivity index (χ1) is 8.63. The molecular formula is C16H26O2. The summed E-state index contributed by atoms with van der Waals surface area (Å²) >= 11 is 0. The highest BCUT2D eigenvalue weighted by atomic mass is 16.1. The van der Waals surface area contributed by atoms with E-state index in [1.54, 1.807) is 0 Å². The van der Waals surface area contributed by atoms with E-state index in [0.717, 1.165) is 44.9 Å². The summed E-state index contributed by atoms with van der Waals surface area (Å²) in [6.07, 6.45) is 8.31. The molecule has 102 valence electrons. The number of carbonyl (C=O) groups excluding carboxylic acids is 2. The van der Waals surface area contributed by atoms with E-state index in [1.165, 1.54) is 6.42 Å². The summed E-state index contributed by atoms with van der Waals surface area (Å²) in [7, 11) is 0. The maximum absolute atomic E-state index is 12.3. The molecule has 0 bridgehead atoms. The Bertz CT molecular complexity index is 321. The highest BCUT2D eigenvalue weighted by Gasteiger charge is 2.35. The van der Waals surface area contributed by atoms with E-state index in [1.807, 2.05) is 6.92 Å². The van der Waals surface area contributed by atoms with Crippen LogP contribution in [-0.4, -0.2) is 11.6 Å². The van der Waals surface area contributed by atoms with Gasteiger partial charge in [-0.25, -0.2) is 0 Å². The van der Waals surface area contributed by atoms with Crippen LogP contribution in [-0.2, 0) is 9.59 Å². The van der Waals surface area contributed by atoms with E-state index in [9.17, 15) is 9.59 Å². The molecule has 0 aromatic heterocycles. The lowest BCUT2D eigenvalue weighted by Crippen LogP contribution is -2.34. The molecule has 0 saturated heterocycles. The van der Waals surface area contributed by atoms with Gasteiger partial charge in [0, 0.05) is 23.7 Å². The van der Waals surface area contributed by atoms with Crippen LogP contribution in [0.25, 0.3) is 0 Å². The SMILES string of the molecule is CCC1CCCC(CC2CCCC(C)C2=O)C1=O. The highest BCUT2D eigenvalue weighted by molar-refractivity contribution is 5.87. The predicted molar refractivity (Wildman–Crippen MR) is 72.3 cm³/mol. The average molecular weight is 250 g/mol. The molecule has 2 rings (SSSR count). The first-order valence-corrected chi connectivity index (χ1v) is 7.71. The van der Waals surface area contributed by atoms with Crippen LogP contribution in [0.2, 0.25) is 0 Å². The molecule has 0 aromatic rings. The van der Waals surface area contributed by atoms with Crippen LogP contribution >= 0.6 is 0 Å². The van der Waals surface area contributed by atoms with Crippen molar-refractivity contribution in [1.82, 2.24) is 0 Å². The van der Waals surface area contributed by atoms with Gasteiger partial charge >= 0.3 is 0 Å². The maximum atomic E-state index is 12.3. The van der Waals surface area contributed by atoms with Crippen molar-refractivity contribution in [2.45, 2.75) is 65.2 Å². The summed E-state index contributed by atoms with van der Waals surface area (Å²) in [5.74, 6) is 1.74. The van der Waals surface area contributed by atoms with Gasteiger partial charge in [-0.05, 0) is 38.5 Å². The second kappa shape index (κ2) is 5.99. The molecule has 4 unspecified atom stereocenters. The zero-order chi connectivity index (χ0) is 13.1. The third-order valence-corrected chi connectivity index (χ3v) is 5.05. The zero-order valence-electron chi connectivity index (χ0n) is 11.8. The number of hydrogen-bond acceptors (Lipinski definition) is 2. The smallest absolute Gasteiger partial charge is 0.139 e. The molecule has 2 aliphatic carbocycles. The third-order valence-electron chi connectivity index (χ3n) is 5.05. The van der Waals surface area contributed by atoms with Crippen LogP contribution < -0.4 is 0 Å². The minimum Gasteiger partial charge on any atom is -0.299 e. The molecule has 0 radical (unpaired) electrons. The summed E-state index contributed by atoms with van der Waals surface area (Å²) in [6.45, 7) is 4.16. The monoisotopic (exact) mass is 250 g/mol. The van der Waals surface area contributed by atoms with E-state index in [0.29, 0.717) is 11.6 Å². The Balaban J connectivity index is 1.95. The molecule has 2 saturated carbocycles. The first-order valence-electron chi connectivity index (χ1n) is 7.71. The molecular weight excluding hydrogens is 224 g/mol. The van der Waals surface area contributed by atoms with Crippen molar-refractivity contribution < 1.29 is 9.59 Å². The van der Waals surface area contributed by atoms with Crippen LogP contribution in [0.5, 0.6) is 0 Å². The number of hydrogen-bond donors (Lipinski definition) is 0. The first kappa shape index (κ1) is 13.8. The Kier molecular flexibility index (Phi) is 4.58. The fraction of sp³-hybridized carbons (Fsp3) is 0.875. The van der Waals surface area contributed by atoms with Gasteiger partial charge in [-0.15, -0.1) is 0 Å². The van der Waals surface area contributed by atoms with Gasteiger partial charge in [0.15, 0.2) is 0 Å². The summed E-state index contributed by atoms with van der Waals surface area (Å²) in [5, 5.41) is 0. The number of carbonyl (C=O) groups is 2. The number of ketones is 2. The van der Waals surface area contributed by atoms with Crippen molar-refractivity contribution in [3.63, 3.8) is 0 Å². The minimum atomic E-state index is 0.179. The van der Waals surface area contributed by atoms with E-state index in [-0.39, 0.29) is 23.7 Å². The Morgan fingerprint density at radius 1 is 0.889 bits per heavy atom. The fourth-order valence-corrected chi connectivity index (χ4v) is 3.80. The number of rotatable bonds is 3. The molecule has 0 aliphatic heterocycles. The lowest BCUT2D eigenvalue weighted by Gasteiger charge is -2.32. The predicted octanol–water partition coefficient (Wildman–Crippen LogP) is 3.78. The van der Waals surface area contributed by atoms with Crippen molar-refractivity contribution in [2.75, 3.05) is 0 Å². The second-order valence-corrected chi connectivity index (χ2v) is 6.30. The van der Waals surface area contributed by atoms with E-state index in [2.05, 4.69) is 6.92 Å². The van der Waals surface area contributed by atoms with E-state index in [4.69, 9.17) is 0 Å². The molecule has 18 heavy (non-hydrogen) atoms. The third kappa shape index (κ3) is 2.84. The highest BCUT2D eigenvalue weighted by Crippen LogP contribution is 2.36. The quantitative estimate of drug-likeness (QED) is 0.764. The fourth-order valence-electron chi connectivity index (χ4n) is 3.80. The van der Waals surface area contributed by atoms with Gasteiger partial charge in [0.1, 0.15) is 11.6 Å². The normalized spacial score (nSPS) is 37.9. The van der Waals surface area contributed by atoms with Crippen LogP contribution in [0.3, 0.4) is 0 Å². The topological polar surface area (TPSA) is 34.1 Å². The molecule has 2 heteroatoms. The molecule has 0 N–H and O–H groups in total. The van der Waals surface area contributed by atoms with Gasteiger partial charge in [0.2, 0.25) is 0 Å². The Hall–Kier alpha value is -0.660. The second-order valence-electron chi connectivity index (χ2n) is 6.30. The van der Waals surface area contributed by atoms with Crippen LogP contribution in [0.4, 0.5) is 0 Å². The molecule has 2 nitrogen and oxygen atoms in total. The Labute approximate surface area is 111 Å². The zero-order valence-corrected chi connectivity index (χ0v) is 11.8. The number of Topliss-reactive ketones (excluding diaryl/α,β-unsaturated/α-hetero) is 2. The van der Waals surface area contributed by atoms with Gasteiger partial charge in [-0.2, -0.15) is 0 Å². The van der Waals surface area contributed by atoms with Crippen LogP contribution in [0.15, 0.2) is 0 Å². The molecule has 0 heterocycles. The largest absolute Gasteiger partial charge is 0.299 e. The molecule has 2 fully saturated rings. The van der Waals surface area contributed by atoms with Gasteiger partial charge < -0.3 is 0 Å². The summed E-state index contributed by atoms with van der Waals surface area (Å²) in [5.41, 5.74) is 0. The summed E-state index contributed by atoms with van der Waals surface area (Å²) in [4.78, 5) is 24.5. The van der Waals surface area contributed by atoms with Crippen LogP contribution in [0.1, 0.15) is 65.2 Å². The van der Waals surface area contributed by atoms with E-state index < -0.39 is 0 Å². The van der Waals surface area contributed by atoms with Gasteiger partial charge in [-0.3, -0.25) is 9.59 Å². The maximum Gasteiger partial charge on any atom is 0.139 e. The van der Waals surface area contributed by atoms with Crippen molar-refractivity contribution in [3.8, 4) is 0 Å². The van der Waals surface area contributed by atoms with Gasteiger partial charge in [-0.1, -0.05) is 26.7 Å². The van der Waals surface area contributed by atoms with Gasteiger partial charge in [0.05, 0.1) is 0 Å². The summed E-state index contributed by atoms with van der Waals surface area (Å²) in [6, 6.07) is 0. The van der Waals surface area contributed by atoms with E-state index >= 15 is 0 Å².